The number of nitrogens with zero attached hydrogens (tertiary/aromatic N) is 1. The van der Waals surface area contributed by atoms with Crippen molar-refractivity contribution in [1.82, 2.24) is 0 Å². The van der Waals surface area contributed by atoms with Crippen molar-refractivity contribution in [3.8, 4) is 11.1 Å². The second-order valence-corrected chi connectivity index (χ2v) is 16.8. The predicted octanol–water partition coefficient (Wildman–Crippen LogP) is 13.9. The van der Waals surface area contributed by atoms with Gasteiger partial charge in [0.2, 0.25) is 0 Å². The molecule has 1 heteroatoms. The fourth-order valence-electron chi connectivity index (χ4n) is 10.6. The van der Waals surface area contributed by atoms with Crippen molar-refractivity contribution in [2.24, 2.45) is 5.92 Å². The van der Waals surface area contributed by atoms with E-state index >= 15 is 0 Å². The first-order chi connectivity index (χ1) is 25.8. The van der Waals surface area contributed by atoms with Crippen LogP contribution in [0.15, 0.2) is 151 Å². The van der Waals surface area contributed by atoms with E-state index in [-0.39, 0.29) is 16.7 Å². The van der Waals surface area contributed by atoms with Crippen LogP contribution in [-0.2, 0) is 17.3 Å². The molecule has 2 aliphatic heterocycles. The summed E-state index contributed by atoms with van der Waals surface area (Å²) in [5, 5.41) is 7.98. The number of hydrogen-bond acceptors (Lipinski definition) is 1. The van der Waals surface area contributed by atoms with Crippen molar-refractivity contribution in [2.75, 3.05) is 4.90 Å². The molecular formula is C52H43N. The third-order valence-corrected chi connectivity index (χ3v) is 13.3. The number of allylic oxidation sites excluding steroid dienone is 5. The normalized spacial score (nSPS) is 19.1. The maximum absolute atomic E-state index is 2.66. The Balaban J connectivity index is 1.19. The minimum atomic E-state index is -0.158. The molecule has 1 nitrogen and oxygen atoms in total. The molecule has 0 amide bonds. The van der Waals surface area contributed by atoms with Gasteiger partial charge in [0, 0.05) is 33.8 Å². The second kappa shape index (κ2) is 10.9. The summed E-state index contributed by atoms with van der Waals surface area (Å²) in [5.74, 6) is 0.284. The number of rotatable bonds is 2. The predicted molar refractivity (Wildman–Crippen MR) is 226 cm³/mol. The van der Waals surface area contributed by atoms with Gasteiger partial charge in [-0.1, -0.05) is 149 Å². The fraction of sp³-hybridized carbons (Fsp3) is 0.192. The first-order valence-corrected chi connectivity index (χ1v) is 19.4. The first-order valence-electron chi connectivity index (χ1n) is 19.4. The summed E-state index contributed by atoms with van der Waals surface area (Å²) in [7, 11) is 0. The summed E-state index contributed by atoms with van der Waals surface area (Å²) in [4.78, 5) is 2.66. The van der Waals surface area contributed by atoms with Crippen LogP contribution >= 0.6 is 0 Å². The van der Waals surface area contributed by atoms with Crippen LogP contribution in [0.3, 0.4) is 0 Å². The van der Waals surface area contributed by atoms with E-state index in [1.807, 2.05) is 0 Å². The summed E-state index contributed by atoms with van der Waals surface area (Å²) < 4.78 is 0. The Kier molecular flexibility index (Phi) is 6.38. The molecular weight excluding hydrogens is 639 g/mol. The molecule has 0 saturated heterocycles. The van der Waals surface area contributed by atoms with Gasteiger partial charge < -0.3 is 4.90 Å². The lowest BCUT2D eigenvalue weighted by molar-refractivity contribution is 0.343. The lowest BCUT2D eigenvalue weighted by Crippen LogP contribution is -2.47. The van der Waals surface area contributed by atoms with E-state index in [0.29, 0.717) is 0 Å². The monoisotopic (exact) mass is 681 g/mol. The third-order valence-electron chi connectivity index (χ3n) is 13.3. The van der Waals surface area contributed by atoms with Gasteiger partial charge in [-0.2, -0.15) is 0 Å². The highest BCUT2D eigenvalue weighted by atomic mass is 15.2. The summed E-state index contributed by atoms with van der Waals surface area (Å²) in [6.45, 7) is 9.95. The van der Waals surface area contributed by atoms with E-state index in [4.69, 9.17) is 0 Å². The highest BCUT2D eigenvalue weighted by Gasteiger charge is 2.51. The maximum atomic E-state index is 2.66. The quantitative estimate of drug-likeness (QED) is 0.164. The molecule has 0 radical (unpaired) electrons. The minimum absolute atomic E-state index is 0.134. The topological polar surface area (TPSA) is 3.24 Å². The van der Waals surface area contributed by atoms with Crippen molar-refractivity contribution < 1.29 is 0 Å². The first kappa shape index (κ1) is 30.9. The number of benzene rings is 7. The third kappa shape index (κ3) is 4.25. The van der Waals surface area contributed by atoms with Crippen molar-refractivity contribution in [3.05, 3.63) is 179 Å². The van der Waals surface area contributed by atoms with E-state index in [1.165, 1.54) is 99.5 Å². The van der Waals surface area contributed by atoms with E-state index in [1.54, 1.807) is 0 Å². The molecule has 0 N–H and O–H groups in total. The van der Waals surface area contributed by atoms with Crippen molar-refractivity contribution in [1.29, 1.82) is 0 Å². The van der Waals surface area contributed by atoms with Crippen LogP contribution < -0.4 is 4.90 Å². The Morgan fingerprint density at radius 2 is 1.23 bits per heavy atom. The van der Waals surface area contributed by atoms with Crippen LogP contribution in [0.5, 0.6) is 0 Å². The highest BCUT2D eigenvalue weighted by molar-refractivity contribution is 6.10. The number of anilines is 2. The van der Waals surface area contributed by atoms with Gasteiger partial charge in [-0.05, 0) is 126 Å². The fourth-order valence-corrected chi connectivity index (χ4v) is 10.6. The summed E-state index contributed by atoms with van der Waals surface area (Å²) >= 11 is 0. The molecule has 0 spiro atoms. The van der Waals surface area contributed by atoms with Crippen molar-refractivity contribution in [3.63, 3.8) is 0 Å². The van der Waals surface area contributed by atoms with E-state index in [9.17, 15) is 0 Å². The number of fused-ring (bicyclic) bond motifs is 8. The zero-order valence-corrected chi connectivity index (χ0v) is 31.0. The van der Waals surface area contributed by atoms with Crippen molar-refractivity contribution >= 4 is 55.3 Å². The van der Waals surface area contributed by atoms with Gasteiger partial charge >= 0.3 is 0 Å². The van der Waals surface area contributed by atoms with Crippen LogP contribution in [0, 0.1) is 5.92 Å². The molecule has 7 aromatic carbocycles. The lowest BCUT2D eigenvalue weighted by Gasteiger charge is -2.55. The molecule has 4 aliphatic rings. The van der Waals surface area contributed by atoms with Gasteiger partial charge in [-0.3, -0.25) is 0 Å². The highest BCUT2D eigenvalue weighted by Crippen LogP contribution is 2.62. The Morgan fingerprint density at radius 1 is 0.604 bits per heavy atom. The Hall–Kier alpha value is -5.66. The van der Waals surface area contributed by atoms with Crippen LogP contribution in [0.4, 0.5) is 11.4 Å². The Bertz CT molecular complexity index is 2770. The van der Waals surface area contributed by atoms with Crippen LogP contribution in [0.1, 0.15) is 68.4 Å². The van der Waals surface area contributed by atoms with E-state index in [0.717, 1.165) is 19.3 Å². The molecule has 0 aromatic heterocycles. The SMILES string of the molecule is CC1(C)C2=C3C(CC(c4c5ccccc5cc5ccccc45)=C2)C(C)(C)c2cc(-c4c5c(cc6ccccc46)CCC=C5)ccc2N3c2ccccc21. The molecule has 1 unspecified atom stereocenters. The zero-order valence-electron chi connectivity index (χ0n) is 31.0. The summed E-state index contributed by atoms with van der Waals surface area (Å²) in [5.41, 5.74) is 16.5. The molecule has 1 atom stereocenters. The Morgan fingerprint density at radius 3 is 1.96 bits per heavy atom. The van der Waals surface area contributed by atoms with Gasteiger partial charge in [-0.15, -0.1) is 0 Å². The molecule has 53 heavy (non-hydrogen) atoms. The summed E-state index contributed by atoms with van der Waals surface area (Å²) in [6.07, 6.45) is 10.5. The minimum Gasteiger partial charge on any atom is -0.313 e. The average molecular weight is 682 g/mol. The van der Waals surface area contributed by atoms with E-state index < -0.39 is 0 Å². The lowest BCUT2D eigenvalue weighted by atomic mass is 9.58. The molecule has 2 heterocycles. The largest absolute Gasteiger partial charge is 0.313 e. The van der Waals surface area contributed by atoms with Crippen LogP contribution in [0.25, 0.3) is 55.1 Å². The number of para-hydroxylation sites is 1. The van der Waals surface area contributed by atoms with Crippen LogP contribution in [-0.4, -0.2) is 0 Å². The zero-order chi connectivity index (χ0) is 35.6. The van der Waals surface area contributed by atoms with E-state index in [2.05, 4.69) is 178 Å². The molecule has 2 aliphatic carbocycles. The van der Waals surface area contributed by atoms with Gasteiger partial charge in [0.15, 0.2) is 0 Å². The molecule has 0 bridgehead atoms. The van der Waals surface area contributed by atoms with Gasteiger partial charge in [-0.25, -0.2) is 0 Å². The Labute approximate surface area is 312 Å². The van der Waals surface area contributed by atoms with Gasteiger partial charge in [0.1, 0.15) is 0 Å². The molecule has 7 aromatic rings. The smallest absolute Gasteiger partial charge is 0.0499 e. The average Bonchev–Trinajstić information content (AvgIpc) is 3.18. The van der Waals surface area contributed by atoms with Crippen LogP contribution in [0.2, 0.25) is 0 Å². The summed E-state index contributed by atoms with van der Waals surface area (Å²) in [6, 6.07) is 48.4. The molecule has 0 fully saturated rings. The maximum Gasteiger partial charge on any atom is 0.0499 e. The second-order valence-electron chi connectivity index (χ2n) is 16.8. The molecule has 11 rings (SSSR count). The number of aryl methyl sites for hydroxylation is 1. The van der Waals surface area contributed by atoms with Gasteiger partial charge in [0.05, 0.1) is 0 Å². The van der Waals surface area contributed by atoms with Crippen molar-refractivity contribution in [2.45, 2.75) is 57.8 Å². The molecule has 0 saturated carbocycles. The standard InChI is InChI=1S/C52H43N/c1-51(2)42-23-13-14-24-46(42)53-47-26-25-36(48-38-19-9-5-15-32(38)27-33-16-6-10-20-39(33)48)29-43(47)52(3,4)45-31-37(30-44(51)50(45)53)49-40-21-11-7-17-34(40)28-35-18-8-12-22-41(35)49/h5,7-15,17-30,45H,6,16,31H2,1-4H3. The number of hydrogen-bond donors (Lipinski definition) is 0. The molecule has 256 valence electrons. The van der Waals surface area contributed by atoms with Gasteiger partial charge in [0.25, 0.3) is 0 Å².